The number of fused-ring (bicyclic) bond motifs is 1. The third-order valence-electron chi connectivity index (χ3n) is 4.04. The average molecular weight is 360 g/mol. The number of anilines is 1. The Labute approximate surface area is 154 Å². The first-order chi connectivity index (χ1) is 13.2. The molecule has 7 heteroatoms. The van der Waals surface area contributed by atoms with E-state index in [1.54, 1.807) is 35.1 Å². The van der Waals surface area contributed by atoms with E-state index in [0.29, 0.717) is 17.8 Å². The molecule has 0 aliphatic rings. The van der Waals surface area contributed by atoms with Gasteiger partial charge in [0.15, 0.2) is 0 Å². The molecule has 0 aliphatic carbocycles. The highest BCUT2D eigenvalue weighted by Crippen LogP contribution is 2.17. The molecule has 0 radical (unpaired) electrons. The van der Waals surface area contributed by atoms with Crippen molar-refractivity contribution in [3.8, 4) is 5.69 Å². The fraction of sp³-hybridized carbons (Fsp3) is 0.0500. The first kappa shape index (κ1) is 16.6. The van der Waals surface area contributed by atoms with E-state index < -0.39 is 5.63 Å². The molecule has 0 unspecified atom stereocenters. The molecule has 2 aromatic heterocycles. The molecule has 0 saturated carbocycles. The normalized spacial score (nSPS) is 10.7. The molecule has 0 fully saturated rings. The smallest absolute Gasteiger partial charge is 0.336 e. The van der Waals surface area contributed by atoms with Crippen LogP contribution in [0.4, 0.5) is 10.5 Å². The molecular weight excluding hydrogens is 344 g/mol. The lowest BCUT2D eigenvalue weighted by Gasteiger charge is -2.09. The number of amides is 2. The van der Waals surface area contributed by atoms with Crippen LogP contribution in [-0.2, 0) is 6.54 Å². The van der Waals surface area contributed by atoms with E-state index in [2.05, 4.69) is 15.7 Å². The van der Waals surface area contributed by atoms with Crippen molar-refractivity contribution < 1.29 is 9.21 Å². The second-order valence-corrected chi connectivity index (χ2v) is 5.93. The highest BCUT2D eigenvalue weighted by atomic mass is 16.4. The van der Waals surface area contributed by atoms with Gasteiger partial charge >= 0.3 is 11.7 Å². The third kappa shape index (κ3) is 3.87. The van der Waals surface area contributed by atoms with E-state index in [9.17, 15) is 9.59 Å². The van der Waals surface area contributed by atoms with Crippen LogP contribution in [0.25, 0.3) is 16.7 Å². The summed E-state index contributed by atoms with van der Waals surface area (Å²) in [6, 6.07) is 17.4. The minimum absolute atomic E-state index is 0.317. The van der Waals surface area contributed by atoms with Gasteiger partial charge in [-0.15, -0.1) is 0 Å². The number of nitrogens with zero attached hydrogens (tertiary/aromatic N) is 2. The lowest BCUT2D eigenvalue weighted by Crippen LogP contribution is -2.28. The molecule has 27 heavy (non-hydrogen) atoms. The second-order valence-electron chi connectivity index (χ2n) is 5.93. The van der Waals surface area contributed by atoms with E-state index >= 15 is 0 Å². The fourth-order valence-electron chi connectivity index (χ4n) is 2.70. The number of carbonyl (C=O) groups is 1. The van der Waals surface area contributed by atoms with Crippen LogP contribution in [-0.4, -0.2) is 15.8 Å². The highest BCUT2D eigenvalue weighted by molar-refractivity contribution is 5.92. The van der Waals surface area contributed by atoms with Gasteiger partial charge in [-0.2, -0.15) is 5.10 Å². The topological polar surface area (TPSA) is 89.2 Å². The quantitative estimate of drug-likeness (QED) is 0.547. The van der Waals surface area contributed by atoms with E-state index in [1.807, 2.05) is 36.5 Å². The Hall–Kier alpha value is -3.87. The number of hydrogen-bond donors (Lipinski definition) is 2. The summed E-state index contributed by atoms with van der Waals surface area (Å²) in [6.45, 7) is 0.397. The monoisotopic (exact) mass is 360 g/mol. The van der Waals surface area contributed by atoms with Crippen molar-refractivity contribution in [1.29, 1.82) is 0 Å². The van der Waals surface area contributed by atoms with E-state index in [4.69, 9.17) is 4.42 Å². The van der Waals surface area contributed by atoms with Crippen LogP contribution < -0.4 is 16.3 Å². The number of nitrogens with one attached hydrogen (secondary N) is 2. The molecule has 0 bridgehead atoms. The van der Waals surface area contributed by atoms with Crippen molar-refractivity contribution in [2.24, 2.45) is 0 Å². The van der Waals surface area contributed by atoms with Gasteiger partial charge in [-0.3, -0.25) is 0 Å². The third-order valence-corrected chi connectivity index (χ3v) is 4.04. The number of hydrogen-bond acceptors (Lipinski definition) is 4. The zero-order valence-electron chi connectivity index (χ0n) is 14.3. The fourth-order valence-corrected chi connectivity index (χ4v) is 2.70. The molecule has 0 spiro atoms. The second kappa shape index (κ2) is 7.17. The molecule has 134 valence electrons. The van der Waals surface area contributed by atoms with Crippen molar-refractivity contribution in [3.63, 3.8) is 0 Å². The molecule has 4 rings (SSSR count). The lowest BCUT2D eigenvalue weighted by molar-refractivity contribution is 0.251. The zero-order chi connectivity index (χ0) is 18.6. The van der Waals surface area contributed by atoms with Crippen molar-refractivity contribution >= 4 is 22.7 Å². The molecule has 0 saturated heterocycles. The van der Waals surface area contributed by atoms with Crippen LogP contribution in [0.5, 0.6) is 0 Å². The van der Waals surface area contributed by atoms with Gasteiger partial charge in [-0.05, 0) is 48.0 Å². The van der Waals surface area contributed by atoms with E-state index in [1.165, 1.54) is 6.07 Å². The standard InChI is InChI=1S/C20H16N4O3/c25-19-9-4-15-12-16(5-8-18(15)27-19)23-20(26)21-13-14-2-6-17(7-3-14)24-11-1-10-22-24/h1-12H,13H2,(H2,21,23,26). The summed E-state index contributed by atoms with van der Waals surface area (Å²) >= 11 is 0. The predicted molar refractivity (Wildman–Crippen MR) is 102 cm³/mol. The minimum atomic E-state index is -0.403. The van der Waals surface area contributed by atoms with Crippen molar-refractivity contribution in [2.45, 2.75) is 6.54 Å². The Kier molecular flexibility index (Phi) is 4.40. The molecule has 2 N–H and O–H groups in total. The minimum Gasteiger partial charge on any atom is -0.423 e. The van der Waals surface area contributed by atoms with Crippen LogP contribution in [0, 0.1) is 0 Å². The van der Waals surface area contributed by atoms with Crippen LogP contribution in [0.2, 0.25) is 0 Å². The first-order valence-electron chi connectivity index (χ1n) is 8.35. The summed E-state index contributed by atoms with van der Waals surface area (Å²) < 4.78 is 6.84. The molecule has 0 atom stereocenters. The van der Waals surface area contributed by atoms with Crippen LogP contribution in [0.3, 0.4) is 0 Å². The summed E-state index contributed by atoms with van der Waals surface area (Å²) in [5, 5.41) is 10.5. The van der Waals surface area contributed by atoms with Gasteiger partial charge in [0.2, 0.25) is 0 Å². The van der Waals surface area contributed by atoms with Crippen LogP contribution in [0.1, 0.15) is 5.56 Å². The average Bonchev–Trinajstić information content (AvgIpc) is 3.22. The Morgan fingerprint density at radius 2 is 1.93 bits per heavy atom. The van der Waals surface area contributed by atoms with Crippen molar-refractivity contribution in [1.82, 2.24) is 15.1 Å². The molecule has 2 heterocycles. The molecule has 4 aromatic rings. The van der Waals surface area contributed by atoms with Crippen molar-refractivity contribution in [2.75, 3.05) is 5.32 Å². The summed E-state index contributed by atoms with van der Waals surface area (Å²) in [7, 11) is 0. The zero-order valence-corrected chi connectivity index (χ0v) is 14.3. The van der Waals surface area contributed by atoms with E-state index in [-0.39, 0.29) is 6.03 Å². The van der Waals surface area contributed by atoms with Gasteiger partial charge in [-0.25, -0.2) is 14.3 Å². The van der Waals surface area contributed by atoms with Gasteiger partial charge in [0, 0.05) is 36.1 Å². The summed E-state index contributed by atoms with van der Waals surface area (Å²) in [4.78, 5) is 23.3. The van der Waals surface area contributed by atoms with Crippen molar-refractivity contribution in [3.05, 3.63) is 89.0 Å². The van der Waals surface area contributed by atoms with Crippen LogP contribution >= 0.6 is 0 Å². The summed E-state index contributed by atoms with van der Waals surface area (Å²) in [5.41, 5.74) is 2.62. The van der Waals surface area contributed by atoms with Crippen LogP contribution in [0.15, 0.2) is 82.3 Å². The molecule has 0 aliphatic heterocycles. The Morgan fingerprint density at radius 3 is 2.70 bits per heavy atom. The number of carbonyl (C=O) groups excluding carboxylic acids is 1. The van der Waals surface area contributed by atoms with Gasteiger partial charge < -0.3 is 15.1 Å². The number of urea groups is 1. The SMILES string of the molecule is O=C(NCc1ccc(-n2cccn2)cc1)Nc1ccc2oc(=O)ccc2c1. The summed E-state index contributed by atoms with van der Waals surface area (Å²) in [6.07, 6.45) is 3.59. The van der Waals surface area contributed by atoms with Gasteiger partial charge in [0.05, 0.1) is 5.69 Å². The highest BCUT2D eigenvalue weighted by Gasteiger charge is 2.04. The maximum atomic E-state index is 12.1. The largest absolute Gasteiger partial charge is 0.423 e. The molecule has 2 aromatic carbocycles. The number of aromatic nitrogens is 2. The maximum Gasteiger partial charge on any atom is 0.336 e. The number of benzene rings is 2. The molecule has 7 nitrogen and oxygen atoms in total. The Balaban J connectivity index is 1.37. The summed E-state index contributed by atoms with van der Waals surface area (Å²) in [5.74, 6) is 0. The first-order valence-corrected chi connectivity index (χ1v) is 8.35. The lowest BCUT2D eigenvalue weighted by atomic mass is 10.2. The van der Waals surface area contributed by atoms with Gasteiger partial charge in [0.25, 0.3) is 0 Å². The van der Waals surface area contributed by atoms with Gasteiger partial charge in [-0.1, -0.05) is 12.1 Å². The Bertz CT molecular complexity index is 1130. The Morgan fingerprint density at radius 1 is 1.07 bits per heavy atom. The molecular formula is C20H16N4O3. The maximum absolute atomic E-state index is 12.1. The van der Waals surface area contributed by atoms with E-state index in [0.717, 1.165) is 16.6 Å². The molecule has 2 amide bonds. The van der Waals surface area contributed by atoms with Gasteiger partial charge in [0.1, 0.15) is 5.58 Å². The number of rotatable bonds is 4. The predicted octanol–water partition coefficient (Wildman–Crippen LogP) is 3.30.